The highest BCUT2D eigenvalue weighted by atomic mass is 79.9. The summed E-state index contributed by atoms with van der Waals surface area (Å²) in [4.78, 5) is 0. The molecule has 0 saturated heterocycles. The zero-order valence-electron chi connectivity index (χ0n) is 9.19. The molecular weight excluding hydrogens is 240 g/mol. The Morgan fingerprint density at radius 1 is 1.29 bits per heavy atom. The van der Waals surface area contributed by atoms with Gasteiger partial charge in [0, 0.05) is 9.89 Å². The topological polar surface area (TPSA) is 20.2 Å². The molecule has 0 amide bonds. The third kappa shape index (κ3) is 2.18. The molecule has 0 heterocycles. The number of hydrogen-bond donors (Lipinski definition) is 1. The number of benzene rings is 1. The quantitative estimate of drug-likeness (QED) is 0.861. The van der Waals surface area contributed by atoms with E-state index >= 15 is 0 Å². The largest absolute Gasteiger partial charge is 0.395 e. The Bertz CT molecular complexity index is 342. The lowest BCUT2D eigenvalue weighted by molar-refractivity contribution is 0.218. The van der Waals surface area contributed by atoms with Gasteiger partial charge in [0.05, 0.1) is 6.61 Å². The molecule has 0 atom stereocenters. The first-order chi connectivity index (χ1) is 6.38. The van der Waals surface area contributed by atoms with Crippen LogP contribution in [0.1, 0.15) is 30.5 Å². The van der Waals surface area contributed by atoms with Crippen LogP contribution in [0.2, 0.25) is 0 Å². The second-order valence-electron chi connectivity index (χ2n) is 4.44. The molecule has 14 heavy (non-hydrogen) atoms. The zero-order chi connectivity index (χ0) is 10.9. The maximum Gasteiger partial charge on any atom is 0.0522 e. The first kappa shape index (κ1) is 11.7. The SMILES string of the molecule is Cc1cc(Br)cc(C(C)(C)CO)c1C. The fraction of sp³-hybridized carbons (Fsp3) is 0.500. The van der Waals surface area contributed by atoms with E-state index in [1.54, 1.807) is 0 Å². The van der Waals surface area contributed by atoms with Gasteiger partial charge in [-0.2, -0.15) is 0 Å². The molecule has 0 saturated carbocycles. The van der Waals surface area contributed by atoms with Crippen LogP contribution in [0.15, 0.2) is 16.6 Å². The Morgan fingerprint density at radius 3 is 2.36 bits per heavy atom. The molecule has 0 bridgehead atoms. The second kappa shape index (κ2) is 4.03. The van der Waals surface area contributed by atoms with Crippen molar-refractivity contribution in [1.82, 2.24) is 0 Å². The third-order valence-electron chi connectivity index (χ3n) is 2.76. The Kier molecular flexibility index (Phi) is 3.38. The average molecular weight is 257 g/mol. The predicted molar refractivity (Wildman–Crippen MR) is 63.7 cm³/mol. The van der Waals surface area contributed by atoms with Crippen molar-refractivity contribution >= 4 is 15.9 Å². The van der Waals surface area contributed by atoms with Gasteiger partial charge in [0.1, 0.15) is 0 Å². The highest BCUT2D eigenvalue weighted by Crippen LogP contribution is 2.30. The average Bonchev–Trinajstić information content (AvgIpc) is 2.11. The molecule has 0 aliphatic carbocycles. The molecule has 0 unspecified atom stereocenters. The molecule has 0 aliphatic heterocycles. The lowest BCUT2D eigenvalue weighted by atomic mass is 9.82. The smallest absolute Gasteiger partial charge is 0.0522 e. The van der Waals surface area contributed by atoms with Crippen LogP contribution < -0.4 is 0 Å². The van der Waals surface area contributed by atoms with Gasteiger partial charge >= 0.3 is 0 Å². The summed E-state index contributed by atoms with van der Waals surface area (Å²) in [6.45, 7) is 8.48. The van der Waals surface area contributed by atoms with Crippen molar-refractivity contribution in [2.45, 2.75) is 33.1 Å². The molecule has 0 spiro atoms. The van der Waals surface area contributed by atoms with E-state index in [2.05, 4.69) is 55.8 Å². The summed E-state index contributed by atoms with van der Waals surface area (Å²) in [5, 5.41) is 9.34. The van der Waals surface area contributed by atoms with E-state index in [9.17, 15) is 5.11 Å². The molecule has 0 aromatic heterocycles. The fourth-order valence-electron chi connectivity index (χ4n) is 1.60. The normalized spacial score (nSPS) is 11.9. The molecular formula is C12H17BrO. The maximum atomic E-state index is 9.34. The highest BCUT2D eigenvalue weighted by molar-refractivity contribution is 9.10. The molecule has 1 nitrogen and oxygen atoms in total. The minimum Gasteiger partial charge on any atom is -0.395 e. The Labute approximate surface area is 94.3 Å². The molecule has 0 fully saturated rings. The highest BCUT2D eigenvalue weighted by Gasteiger charge is 2.22. The van der Waals surface area contributed by atoms with Gasteiger partial charge in [-0.15, -0.1) is 0 Å². The number of rotatable bonds is 2. The third-order valence-corrected chi connectivity index (χ3v) is 3.21. The van der Waals surface area contributed by atoms with Gasteiger partial charge < -0.3 is 5.11 Å². The van der Waals surface area contributed by atoms with Crippen LogP contribution in [0.5, 0.6) is 0 Å². The van der Waals surface area contributed by atoms with Crippen molar-refractivity contribution in [1.29, 1.82) is 0 Å². The minimum atomic E-state index is -0.168. The number of hydrogen-bond acceptors (Lipinski definition) is 1. The standard InChI is InChI=1S/C12H17BrO/c1-8-5-10(13)6-11(9(8)2)12(3,4)7-14/h5-6,14H,7H2,1-4H3. The van der Waals surface area contributed by atoms with Crippen LogP contribution in [0.4, 0.5) is 0 Å². The Balaban J connectivity index is 3.34. The molecule has 1 rings (SSSR count). The number of aliphatic hydroxyl groups excluding tert-OH is 1. The van der Waals surface area contributed by atoms with Crippen molar-refractivity contribution in [3.05, 3.63) is 33.3 Å². The fourth-order valence-corrected chi connectivity index (χ4v) is 2.18. The van der Waals surface area contributed by atoms with Crippen molar-refractivity contribution in [2.75, 3.05) is 6.61 Å². The van der Waals surface area contributed by atoms with Crippen LogP contribution in [-0.4, -0.2) is 11.7 Å². The molecule has 78 valence electrons. The number of aryl methyl sites for hydroxylation is 1. The summed E-state index contributed by atoms with van der Waals surface area (Å²) in [5.41, 5.74) is 3.58. The van der Waals surface area contributed by atoms with Crippen LogP contribution in [-0.2, 0) is 5.41 Å². The van der Waals surface area contributed by atoms with Gasteiger partial charge in [0.2, 0.25) is 0 Å². The van der Waals surface area contributed by atoms with Gasteiger partial charge in [-0.1, -0.05) is 29.8 Å². The van der Waals surface area contributed by atoms with Crippen molar-refractivity contribution < 1.29 is 5.11 Å². The van der Waals surface area contributed by atoms with E-state index in [0.717, 1.165) is 4.47 Å². The maximum absolute atomic E-state index is 9.34. The van der Waals surface area contributed by atoms with Gasteiger partial charge in [0.25, 0.3) is 0 Å². The van der Waals surface area contributed by atoms with E-state index in [1.807, 2.05) is 0 Å². The van der Waals surface area contributed by atoms with Gasteiger partial charge in [0.15, 0.2) is 0 Å². The Hall–Kier alpha value is -0.340. The minimum absolute atomic E-state index is 0.168. The van der Waals surface area contributed by atoms with Crippen LogP contribution in [0, 0.1) is 13.8 Å². The van der Waals surface area contributed by atoms with Crippen LogP contribution in [0.25, 0.3) is 0 Å². The molecule has 0 radical (unpaired) electrons. The lowest BCUT2D eigenvalue weighted by Gasteiger charge is -2.25. The van der Waals surface area contributed by atoms with Crippen molar-refractivity contribution in [3.63, 3.8) is 0 Å². The first-order valence-electron chi connectivity index (χ1n) is 4.76. The molecule has 1 N–H and O–H groups in total. The summed E-state index contributed by atoms with van der Waals surface area (Å²) in [6.07, 6.45) is 0. The van der Waals surface area contributed by atoms with E-state index in [0.29, 0.717) is 0 Å². The summed E-state index contributed by atoms with van der Waals surface area (Å²) in [6, 6.07) is 4.20. The van der Waals surface area contributed by atoms with Gasteiger partial charge in [-0.25, -0.2) is 0 Å². The zero-order valence-corrected chi connectivity index (χ0v) is 10.8. The first-order valence-corrected chi connectivity index (χ1v) is 5.56. The van der Waals surface area contributed by atoms with E-state index < -0.39 is 0 Å². The lowest BCUT2D eigenvalue weighted by Crippen LogP contribution is -2.23. The Morgan fingerprint density at radius 2 is 1.86 bits per heavy atom. The summed E-state index contributed by atoms with van der Waals surface area (Å²) >= 11 is 3.49. The van der Waals surface area contributed by atoms with Crippen molar-refractivity contribution in [2.24, 2.45) is 0 Å². The van der Waals surface area contributed by atoms with E-state index in [-0.39, 0.29) is 12.0 Å². The second-order valence-corrected chi connectivity index (χ2v) is 5.35. The van der Waals surface area contributed by atoms with Crippen LogP contribution >= 0.6 is 15.9 Å². The van der Waals surface area contributed by atoms with Gasteiger partial charge in [-0.3, -0.25) is 0 Å². The van der Waals surface area contributed by atoms with E-state index in [4.69, 9.17) is 0 Å². The number of halogens is 1. The predicted octanol–water partition coefficient (Wildman–Crippen LogP) is 3.34. The molecule has 0 aliphatic rings. The van der Waals surface area contributed by atoms with E-state index in [1.165, 1.54) is 16.7 Å². The summed E-state index contributed by atoms with van der Waals surface area (Å²) in [5.74, 6) is 0. The van der Waals surface area contributed by atoms with Crippen LogP contribution in [0.3, 0.4) is 0 Å². The molecule has 1 aromatic carbocycles. The van der Waals surface area contributed by atoms with Gasteiger partial charge in [-0.05, 0) is 42.7 Å². The number of aliphatic hydroxyl groups is 1. The molecule has 2 heteroatoms. The summed E-state index contributed by atoms with van der Waals surface area (Å²) in [7, 11) is 0. The molecule has 1 aromatic rings. The monoisotopic (exact) mass is 256 g/mol. The summed E-state index contributed by atoms with van der Waals surface area (Å²) < 4.78 is 1.08. The van der Waals surface area contributed by atoms with Crippen molar-refractivity contribution in [3.8, 4) is 0 Å².